The first kappa shape index (κ1) is 27.9. The van der Waals surface area contributed by atoms with Crippen LogP contribution in [0.15, 0.2) is 108 Å². The zero-order valence-corrected chi connectivity index (χ0v) is 24.2. The number of fused-ring (bicyclic) bond motifs is 1. The van der Waals surface area contributed by atoms with E-state index in [-0.39, 0.29) is 18.2 Å². The van der Waals surface area contributed by atoms with Gasteiger partial charge in [-0.2, -0.15) is 0 Å². The van der Waals surface area contributed by atoms with Crippen molar-refractivity contribution >= 4 is 50.2 Å². The van der Waals surface area contributed by atoms with Crippen LogP contribution >= 0.6 is 15.9 Å². The van der Waals surface area contributed by atoms with Crippen molar-refractivity contribution in [1.29, 1.82) is 0 Å². The molecule has 3 amide bonds. The molecule has 5 aromatic rings. The Balaban J connectivity index is 1.37. The summed E-state index contributed by atoms with van der Waals surface area (Å²) in [5.74, 6) is -2.25. The molecule has 0 saturated heterocycles. The SMILES string of the molecule is Cc1ccc(NC(=O)c2cc3cc(Br)ccc3n2NC(=O)C(=O)NCC(c2ccccc2)c2ccccc2)cc1C. The van der Waals surface area contributed by atoms with Crippen LogP contribution in [0.5, 0.6) is 0 Å². The highest BCUT2D eigenvalue weighted by atomic mass is 79.9. The Morgan fingerprint density at radius 1 is 0.756 bits per heavy atom. The number of hydrogen-bond acceptors (Lipinski definition) is 3. The molecule has 4 aromatic carbocycles. The second-order valence-corrected chi connectivity index (χ2v) is 10.8. The third kappa shape index (κ3) is 6.39. The number of rotatable bonds is 7. The van der Waals surface area contributed by atoms with E-state index >= 15 is 0 Å². The summed E-state index contributed by atoms with van der Waals surface area (Å²) in [6.07, 6.45) is 0. The second-order valence-electron chi connectivity index (χ2n) is 9.85. The molecule has 8 heteroatoms. The van der Waals surface area contributed by atoms with Crippen molar-refractivity contribution in [2.24, 2.45) is 0 Å². The summed E-state index contributed by atoms with van der Waals surface area (Å²) in [5.41, 5.74) is 8.22. The van der Waals surface area contributed by atoms with Gasteiger partial charge in [-0.15, -0.1) is 0 Å². The van der Waals surface area contributed by atoms with Crippen LogP contribution in [-0.4, -0.2) is 28.9 Å². The number of nitrogens with one attached hydrogen (secondary N) is 3. The van der Waals surface area contributed by atoms with Crippen molar-refractivity contribution in [1.82, 2.24) is 9.99 Å². The van der Waals surface area contributed by atoms with E-state index < -0.39 is 17.7 Å². The quantitative estimate of drug-likeness (QED) is 0.190. The van der Waals surface area contributed by atoms with Gasteiger partial charge < -0.3 is 10.6 Å². The maximum absolute atomic E-state index is 13.4. The Bertz CT molecular complexity index is 1690. The summed E-state index contributed by atoms with van der Waals surface area (Å²) >= 11 is 3.46. The third-order valence-corrected chi connectivity index (χ3v) is 7.54. The van der Waals surface area contributed by atoms with Gasteiger partial charge >= 0.3 is 11.8 Å². The molecule has 0 aliphatic heterocycles. The maximum atomic E-state index is 13.4. The molecule has 0 saturated carbocycles. The van der Waals surface area contributed by atoms with E-state index in [0.29, 0.717) is 11.2 Å². The van der Waals surface area contributed by atoms with Gasteiger partial charge in [0.15, 0.2) is 0 Å². The van der Waals surface area contributed by atoms with Crippen molar-refractivity contribution in [3.8, 4) is 0 Å². The predicted molar refractivity (Wildman–Crippen MR) is 166 cm³/mol. The summed E-state index contributed by atoms with van der Waals surface area (Å²) in [4.78, 5) is 39.5. The van der Waals surface area contributed by atoms with E-state index in [1.54, 1.807) is 18.2 Å². The number of halogens is 1. The average molecular weight is 610 g/mol. The van der Waals surface area contributed by atoms with Crippen LogP contribution in [0.1, 0.15) is 38.7 Å². The Hall–Kier alpha value is -4.69. The second kappa shape index (κ2) is 12.2. The summed E-state index contributed by atoms with van der Waals surface area (Å²) in [6.45, 7) is 4.19. The van der Waals surface area contributed by atoms with Gasteiger partial charge in [0, 0.05) is 28.0 Å². The smallest absolute Gasteiger partial charge is 0.328 e. The van der Waals surface area contributed by atoms with Crippen LogP contribution in [0.4, 0.5) is 5.69 Å². The lowest BCUT2D eigenvalue weighted by atomic mass is 9.91. The van der Waals surface area contributed by atoms with Crippen LogP contribution in [0.3, 0.4) is 0 Å². The molecule has 0 atom stereocenters. The van der Waals surface area contributed by atoms with E-state index in [2.05, 4.69) is 32.0 Å². The highest BCUT2D eigenvalue weighted by Crippen LogP contribution is 2.25. The molecule has 0 aliphatic carbocycles. The highest BCUT2D eigenvalue weighted by Gasteiger charge is 2.23. The molecule has 0 bridgehead atoms. The first-order valence-electron chi connectivity index (χ1n) is 13.2. The van der Waals surface area contributed by atoms with Crippen LogP contribution < -0.4 is 16.1 Å². The number of aryl methyl sites for hydroxylation is 2. The van der Waals surface area contributed by atoms with Crippen molar-refractivity contribution in [2.45, 2.75) is 19.8 Å². The minimum Gasteiger partial charge on any atom is -0.347 e. The number of nitrogens with zero attached hydrogens (tertiary/aromatic N) is 1. The van der Waals surface area contributed by atoms with Gasteiger partial charge in [-0.1, -0.05) is 82.7 Å². The Morgan fingerprint density at radius 2 is 1.41 bits per heavy atom. The van der Waals surface area contributed by atoms with Crippen molar-refractivity contribution in [3.63, 3.8) is 0 Å². The lowest BCUT2D eigenvalue weighted by Gasteiger charge is -2.19. The molecular formula is C33H29BrN4O3. The fourth-order valence-electron chi connectivity index (χ4n) is 4.71. The molecule has 7 nitrogen and oxygen atoms in total. The molecule has 1 aromatic heterocycles. The zero-order chi connectivity index (χ0) is 28.9. The van der Waals surface area contributed by atoms with Gasteiger partial charge in [0.25, 0.3) is 5.91 Å². The minimum atomic E-state index is -0.884. The summed E-state index contributed by atoms with van der Waals surface area (Å²) < 4.78 is 2.17. The molecule has 0 radical (unpaired) electrons. The Labute approximate surface area is 246 Å². The predicted octanol–water partition coefficient (Wildman–Crippen LogP) is 6.29. The first-order valence-corrected chi connectivity index (χ1v) is 14.0. The topological polar surface area (TPSA) is 92.2 Å². The van der Waals surface area contributed by atoms with Crippen LogP contribution in [-0.2, 0) is 9.59 Å². The molecule has 0 spiro atoms. The van der Waals surface area contributed by atoms with E-state index in [4.69, 9.17) is 0 Å². The van der Waals surface area contributed by atoms with Gasteiger partial charge in [0.2, 0.25) is 0 Å². The molecule has 0 unspecified atom stereocenters. The fraction of sp³-hybridized carbons (Fsp3) is 0.121. The first-order chi connectivity index (χ1) is 19.8. The number of hydrogen-bond donors (Lipinski definition) is 3. The maximum Gasteiger partial charge on any atom is 0.328 e. The van der Waals surface area contributed by atoms with E-state index in [1.165, 1.54) is 4.68 Å². The molecule has 3 N–H and O–H groups in total. The van der Waals surface area contributed by atoms with E-state index in [0.717, 1.165) is 32.1 Å². The normalized spacial score (nSPS) is 10.9. The number of amides is 3. The lowest BCUT2D eigenvalue weighted by molar-refractivity contribution is -0.136. The van der Waals surface area contributed by atoms with Crippen molar-refractivity contribution in [3.05, 3.63) is 136 Å². The molecule has 5 rings (SSSR count). The summed E-state index contributed by atoms with van der Waals surface area (Å²) in [7, 11) is 0. The molecule has 41 heavy (non-hydrogen) atoms. The van der Waals surface area contributed by atoms with Gasteiger partial charge in [-0.3, -0.25) is 19.8 Å². The molecular weight excluding hydrogens is 580 g/mol. The molecule has 1 heterocycles. The number of benzene rings is 4. The van der Waals surface area contributed by atoms with Crippen molar-refractivity contribution < 1.29 is 14.4 Å². The zero-order valence-electron chi connectivity index (χ0n) is 22.6. The van der Waals surface area contributed by atoms with Crippen LogP contribution in [0.2, 0.25) is 0 Å². The van der Waals surface area contributed by atoms with E-state index in [1.807, 2.05) is 98.8 Å². The molecule has 0 aliphatic rings. The van der Waals surface area contributed by atoms with Gasteiger partial charge in [-0.05, 0) is 72.5 Å². The third-order valence-electron chi connectivity index (χ3n) is 7.05. The largest absolute Gasteiger partial charge is 0.347 e. The summed E-state index contributed by atoms with van der Waals surface area (Å²) in [6, 6.07) is 32.4. The minimum absolute atomic E-state index is 0.141. The number of anilines is 1. The monoisotopic (exact) mass is 608 g/mol. The molecule has 0 fully saturated rings. The van der Waals surface area contributed by atoms with Crippen LogP contribution in [0.25, 0.3) is 10.9 Å². The number of carbonyl (C=O) groups is 3. The fourth-order valence-corrected chi connectivity index (χ4v) is 5.09. The lowest BCUT2D eigenvalue weighted by Crippen LogP contribution is -2.41. The summed E-state index contributed by atoms with van der Waals surface area (Å²) in [5, 5.41) is 6.40. The average Bonchev–Trinajstić information content (AvgIpc) is 3.33. The highest BCUT2D eigenvalue weighted by molar-refractivity contribution is 9.10. The van der Waals surface area contributed by atoms with Gasteiger partial charge in [-0.25, -0.2) is 4.68 Å². The Kier molecular flexibility index (Phi) is 8.31. The van der Waals surface area contributed by atoms with E-state index in [9.17, 15) is 14.4 Å². The van der Waals surface area contributed by atoms with Crippen LogP contribution in [0, 0.1) is 13.8 Å². The number of aromatic nitrogens is 1. The van der Waals surface area contributed by atoms with Gasteiger partial charge in [0.05, 0.1) is 5.52 Å². The van der Waals surface area contributed by atoms with Crippen molar-refractivity contribution in [2.75, 3.05) is 17.3 Å². The standard InChI is InChI=1S/C33H29BrN4O3/c1-21-13-15-27(17-22(21)2)36-31(39)30-19-25-18-26(34)14-16-29(25)38(30)37-33(41)32(40)35-20-28(23-9-5-3-6-10-23)24-11-7-4-8-12-24/h3-19,28H,20H2,1-2H3,(H,35,40)(H,36,39)(H,37,41). The number of carbonyl (C=O) groups excluding carboxylic acids is 3. The molecule has 206 valence electrons. The Morgan fingerprint density at radius 3 is 2.05 bits per heavy atom. The van der Waals surface area contributed by atoms with Gasteiger partial charge in [0.1, 0.15) is 5.69 Å².